The zero-order valence-electron chi connectivity index (χ0n) is 10.6. The van der Waals surface area contributed by atoms with E-state index in [1.807, 2.05) is 25.7 Å². The average molecular weight is 237 g/mol. The number of ether oxygens (including phenoxy) is 1. The number of morpholine rings is 1. The molecule has 1 aliphatic rings. The predicted octanol–water partition coefficient (Wildman–Crippen LogP) is 1.15. The standard InChI is InChI=1S/C12H19N3O2/c1-4-15-8-11(5-13-15)12(16)14-6-9(2)17-10(3)7-14/h5,8-10H,4,6-7H2,1-3H3/t9-,10-/m0/s1. The van der Waals surface area contributed by atoms with Crippen LogP contribution in [-0.4, -0.2) is 45.9 Å². The molecule has 0 unspecified atom stereocenters. The summed E-state index contributed by atoms with van der Waals surface area (Å²) in [7, 11) is 0. The predicted molar refractivity (Wildman–Crippen MR) is 63.8 cm³/mol. The molecule has 2 heterocycles. The SMILES string of the molecule is CCn1cc(C(=O)N2C[C@H](C)O[C@@H](C)C2)cn1. The highest BCUT2D eigenvalue weighted by Gasteiger charge is 2.27. The molecule has 5 heteroatoms. The summed E-state index contributed by atoms with van der Waals surface area (Å²) in [5.74, 6) is 0.0479. The minimum atomic E-state index is 0.0479. The third kappa shape index (κ3) is 2.66. The van der Waals surface area contributed by atoms with Crippen LogP contribution >= 0.6 is 0 Å². The molecule has 0 saturated carbocycles. The summed E-state index contributed by atoms with van der Waals surface area (Å²) in [6, 6.07) is 0. The fourth-order valence-corrected chi connectivity index (χ4v) is 2.17. The lowest BCUT2D eigenvalue weighted by molar-refractivity contribution is -0.0586. The van der Waals surface area contributed by atoms with E-state index in [2.05, 4.69) is 5.10 Å². The molecule has 0 bridgehead atoms. The van der Waals surface area contributed by atoms with Gasteiger partial charge in [-0.25, -0.2) is 0 Å². The molecule has 1 aromatic heterocycles. The lowest BCUT2D eigenvalue weighted by Crippen LogP contribution is -2.48. The third-order valence-corrected chi connectivity index (χ3v) is 2.91. The quantitative estimate of drug-likeness (QED) is 0.775. The number of amides is 1. The number of hydrogen-bond acceptors (Lipinski definition) is 3. The van der Waals surface area contributed by atoms with E-state index in [4.69, 9.17) is 4.74 Å². The lowest BCUT2D eigenvalue weighted by atomic mass is 10.2. The molecule has 1 saturated heterocycles. The molecular weight excluding hydrogens is 218 g/mol. The van der Waals surface area contributed by atoms with Gasteiger partial charge in [0.1, 0.15) is 0 Å². The molecule has 0 spiro atoms. The van der Waals surface area contributed by atoms with Crippen molar-refractivity contribution >= 4 is 5.91 Å². The summed E-state index contributed by atoms with van der Waals surface area (Å²) in [6.07, 6.45) is 3.64. The van der Waals surface area contributed by atoms with E-state index in [1.54, 1.807) is 17.1 Å². The van der Waals surface area contributed by atoms with Crippen LogP contribution in [0.15, 0.2) is 12.4 Å². The van der Waals surface area contributed by atoms with Gasteiger partial charge in [0.2, 0.25) is 0 Å². The van der Waals surface area contributed by atoms with Gasteiger partial charge >= 0.3 is 0 Å². The van der Waals surface area contributed by atoms with Crippen LogP contribution in [0.25, 0.3) is 0 Å². The van der Waals surface area contributed by atoms with Gasteiger partial charge in [-0.3, -0.25) is 9.48 Å². The van der Waals surface area contributed by atoms with Crippen LogP contribution in [0.5, 0.6) is 0 Å². The summed E-state index contributed by atoms with van der Waals surface area (Å²) in [4.78, 5) is 14.1. The maximum absolute atomic E-state index is 12.2. The number of rotatable bonds is 2. The number of carbonyl (C=O) groups excluding carboxylic acids is 1. The molecule has 17 heavy (non-hydrogen) atoms. The smallest absolute Gasteiger partial charge is 0.257 e. The van der Waals surface area contributed by atoms with Crippen LogP contribution in [0.1, 0.15) is 31.1 Å². The maximum Gasteiger partial charge on any atom is 0.257 e. The van der Waals surface area contributed by atoms with Crippen LogP contribution in [0.2, 0.25) is 0 Å². The highest BCUT2D eigenvalue weighted by Crippen LogP contribution is 2.13. The first-order chi connectivity index (χ1) is 8.10. The second-order valence-electron chi connectivity index (χ2n) is 4.55. The number of aryl methyl sites for hydroxylation is 1. The Kier molecular flexibility index (Phi) is 3.47. The molecule has 1 aliphatic heterocycles. The van der Waals surface area contributed by atoms with Gasteiger partial charge in [-0.2, -0.15) is 5.10 Å². The fourth-order valence-electron chi connectivity index (χ4n) is 2.17. The normalized spacial score (nSPS) is 25.0. The van der Waals surface area contributed by atoms with Gasteiger partial charge in [-0.1, -0.05) is 0 Å². The Bertz CT molecular complexity index is 392. The molecule has 5 nitrogen and oxygen atoms in total. The molecule has 94 valence electrons. The minimum Gasteiger partial charge on any atom is -0.372 e. The van der Waals surface area contributed by atoms with Gasteiger partial charge in [0.25, 0.3) is 5.91 Å². The van der Waals surface area contributed by atoms with Gasteiger partial charge in [0.15, 0.2) is 0 Å². The van der Waals surface area contributed by atoms with Crippen LogP contribution < -0.4 is 0 Å². The Hall–Kier alpha value is -1.36. The van der Waals surface area contributed by atoms with Crippen molar-refractivity contribution < 1.29 is 9.53 Å². The average Bonchev–Trinajstić information content (AvgIpc) is 2.75. The first kappa shape index (κ1) is 12.1. The van der Waals surface area contributed by atoms with Crippen LogP contribution in [0.4, 0.5) is 0 Å². The minimum absolute atomic E-state index is 0.0479. The monoisotopic (exact) mass is 237 g/mol. The Labute approximate surface area is 101 Å². The van der Waals surface area contributed by atoms with Gasteiger partial charge < -0.3 is 9.64 Å². The van der Waals surface area contributed by atoms with E-state index in [9.17, 15) is 4.79 Å². The number of aromatic nitrogens is 2. The zero-order valence-corrected chi connectivity index (χ0v) is 10.6. The van der Waals surface area contributed by atoms with E-state index in [0.29, 0.717) is 18.7 Å². The van der Waals surface area contributed by atoms with Crippen molar-refractivity contribution in [3.8, 4) is 0 Å². The third-order valence-electron chi connectivity index (χ3n) is 2.91. The lowest BCUT2D eigenvalue weighted by Gasteiger charge is -2.35. The topological polar surface area (TPSA) is 47.4 Å². The van der Waals surface area contributed by atoms with Crippen molar-refractivity contribution in [2.24, 2.45) is 0 Å². The summed E-state index contributed by atoms with van der Waals surface area (Å²) < 4.78 is 7.38. The Morgan fingerprint density at radius 2 is 2.12 bits per heavy atom. The summed E-state index contributed by atoms with van der Waals surface area (Å²) in [6.45, 7) is 8.07. The Balaban J connectivity index is 2.08. The highest BCUT2D eigenvalue weighted by atomic mass is 16.5. The van der Waals surface area contributed by atoms with Crippen LogP contribution in [0.3, 0.4) is 0 Å². The molecule has 1 amide bonds. The Morgan fingerprint density at radius 3 is 2.65 bits per heavy atom. The van der Waals surface area contributed by atoms with Crippen molar-refractivity contribution in [1.29, 1.82) is 0 Å². The van der Waals surface area contributed by atoms with Crippen LogP contribution in [-0.2, 0) is 11.3 Å². The molecule has 2 atom stereocenters. The molecule has 0 radical (unpaired) electrons. The Morgan fingerprint density at radius 1 is 1.47 bits per heavy atom. The molecule has 0 aliphatic carbocycles. The fraction of sp³-hybridized carbons (Fsp3) is 0.667. The van der Waals surface area contributed by atoms with E-state index in [0.717, 1.165) is 6.54 Å². The largest absolute Gasteiger partial charge is 0.372 e. The second kappa shape index (κ2) is 4.87. The van der Waals surface area contributed by atoms with Crippen molar-refractivity contribution in [3.63, 3.8) is 0 Å². The molecule has 2 rings (SSSR count). The molecule has 0 N–H and O–H groups in total. The van der Waals surface area contributed by atoms with Crippen molar-refractivity contribution in [2.75, 3.05) is 13.1 Å². The summed E-state index contributed by atoms with van der Waals surface area (Å²) >= 11 is 0. The van der Waals surface area contributed by atoms with Crippen LogP contribution in [0, 0.1) is 0 Å². The second-order valence-corrected chi connectivity index (χ2v) is 4.55. The number of nitrogens with zero attached hydrogens (tertiary/aromatic N) is 3. The van der Waals surface area contributed by atoms with E-state index in [-0.39, 0.29) is 18.1 Å². The van der Waals surface area contributed by atoms with Gasteiger partial charge in [0, 0.05) is 25.8 Å². The van der Waals surface area contributed by atoms with Crippen molar-refractivity contribution in [1.82, 2.24) is 14.7 Å². The van der Waals surface area contributed by atoms with E-state index >= 15 is 0 Å². The molecule has 1 fully saturated rings. The highest BCUT2D eigenvalue weighted by molar-refractivity contribution is 5.93. The zero-order chi connectivity index (χ0) is 12.4. The summed E-state index contributed by atoms with van der Waals surface area (Å²) in [5.41, 5.74) is 0.660. The maximum atomic E-state index is 12.2. The number of carbonyl (C=O) groups is 1. The molecular formula is C12H19N3O2. The van der Waals surface area contributed by atoms with E-state index in [1.165, 1.54) is 0 Å². The first-order valence-electron chi connectivity index (χ1n) is 6.07. The molecule has 1 aromatic rings. The van der Waals surface area contributed by atoms with E-state index < -0.39 is 0 Å². The van der Waals surface area contributed by atoms with Gasteiger partial charge in [-0.15, -0.1) is 0 Å². The molecule has 0 aromatic carbocycles. The summed E-state index contributed by atoms with van der Waals surface area (Å²) in [5, 5.41) is 4.13. The first-order valence-corrected chi connectivity index (χ1v) is 6.07. The van der Waals surface area contributed by atoms with Gasteiger partial charge in [0.05, 0.1) is 24.0 Å². The van der Waals surface area contributed by atoms with Gasteiger partial charge in [-0.05, 0) is 20.8 Å². The van der Waals surface area contributed by atoms with Crippen molar-refractivity contribution in [3.05, 3.63) is 18.0 Å². The number of hydrogen-bond donors (Lipinski definition) is 0. The van der Waals surface area contributed by atoms with Crippen molar-refractivity contribution in [2.45, 2.75) is 39.5 Å².